The van der Waals surface area contributed by atoms with Gasteiger partial charge in [-0.15, -0.1) is 0 Å². The zero-order valence-electron chi connectivity index (χ0n) is 22.5. The molecule has 0 heterocycles. The minimum Gasteiger partial charge on any atom is -0.354 e. The van der Waals surface area contributed by atoms with E-state index >= 15 is 0 Å². The van der Waals surface area contributed by atoms with Crippen LogP contribution in [-0.4, -0.2) is 50.5 Å². The van der Waals surface area contributed by atoms with Crippen LogP contribution in [0.25, 0.3) is 0 Å². The van der Waals surface area contributed by atoms with Crippen LogP contribution in [0.4, 0.5) is 18.9 Å². The number of carbonyl (C=O) groups excluding carboxylic acids is 2. The molecule has 3 aromatic carbocycles. The third-order valence-corrected chi connectivity index (χ3v) is 7.27. The molecule has 0 radical (unpaired) electrons. The number of halogens is 3. The maximum atomic E-state index is 14.7. The van der Waals surface area contributed by atoms with Gasteiger partial charge in [-0.3, -0.25) is 13.9 Å². The summed E-state index contributed by atoms with van der Waals surface area (Å²) in [5.41, 5.74) is 0.563. The van der Waals surface area contributed by atoms with Crippen LogP contribution in [0.15, 0.2) is 72.8 Å². The second-order valence-corrected chi connectivity index (χ2v) is 11.7. The van der Waals surface area contributed by atoms with Crippen molar-refractivity contribution < 1.29 is 31.2 Å². The summed E-state index contributed by atoms with van der Waals surface area (Å²) in [7, 11) is -4.16. The average molecular weight is 576 g/mol. The first-order valence-corrected chi connectivity index (χ1v) is 14.5. The Morgan fingerprint density at radius 1 is 0.875 bits per heavy atom. The molecule has 7 nitrogen and oxygen atoms in total. The Kier molecular flexibility index (Phi) is 10.3. The van der Waals surface area contributed by atoms with E-state index in [1.807, 2.05) is 13.8 Å². The predicted octanol–water partition coefficient (Wildman–Crippen LogP) is 4.28. The Morgan fingerprint density at radius 2 is 1.52 bits per heavy atom. The standard InChI is InChI=1S/C29H32F3N3O4S/c1-20(2)17-33-29(37)27(15-21-9-5-4-6-10-21)34(18-22-11-7-8-12-24(22)30)28(36)19-35(40(3,38)39)23-13-14-25(31)26(32)16-23/h4-14,16,20,27H,15,17-19H2,1-3H3,(H,33,37)/t27-/m1/s1. The first-order chi connectivity index (χ1) is 18.9. The van der Waals surface area contributed by atoms with Crippen molar-refractivity contribution in [3.05, 3.63) is 101 Å². The number of nitrogens with zero attached hydrogens (tertiary/aromatic N) is 2. The number of benzene rings is 3. The molecule has 0 fully saturated rings. The minimum absolute atomic E-state index is 0.0645. The largest absolute Gasteiger partial charge is 0.354 e. The van der Waals surface area contributed by atoms with Gasteiger partial charge in [0.1, 0.15) is 18.4 Å². The Morgan fingerprint density at radius 3 is 2.12 bits per heavy atom. The maximum Gasteiger partial charge on any atom is 0.244 e. The number of sulfonamides is 1. The van der Waals surface area contributed by atoms with Crippen LogP contribution in [0.1, 0.15) is 25.0 Å². The van der Waals surface area contributed by atoms with Crippen molar-refractivity contribution >= 4 is 27.5 Å². The van der Waals surface area contributed by atoms with Gasteiger partial charge in [-0.25, -0.2) is 21.6 Å². The van der Waals surface area contributed by atoms with Crippen molar-refractivity contribution in [2.24, 2.45) is 5.92 Å². The summed E-state index contributed by atoms with van der Waals surface area (Å²) in [6.07, 6.45) is 0.883. The summed E-state index contributed by atoms with van der Waals surface area (Å²) in [6, 6.07) is 16.0. The lowest BCUT2D eigenvalue weighted by Crippen LogP contribution is -2.53. The van der Waals surface area contributed by atoms with E-state index in [4.69, 9.17) is 0 Å². The third kappa shape index (κ3) is 8.32. The fraction of sp³-hybridized carbons (Fsp3) is 0.310. The van der Waals surface area contributed by atoms with Crippen LogP contribution >= 0.6 is 0 Å². The Hall–Kier alpha value is -3.86. The normalized spacial score (nSPS) is 12.2. The topological polar surface area (TPSA) is 86.8 Å². The van der Waals surface area contributed by atoms with Gasteiger partial charge >= 0.3 is 0 Å². The van der Waals surface area contributed by atoms with Crippen LogP contribution in [0.5, 0.6) is 0 Å². The highest BCUT2D eigenvalue weighted by Gasteiger charge is 2.33. The van der Waals surface area contributed by atoms with Crippen molar-refractivity contribution in [2.75, 3.05) is 23.7 Å². The number of hydrogen-bond acceptors (Lipinski definition) is 4. The fourth-order valence-electron chi connectivity index (χ4n) is 4.04. The summed E-state index contributed by atoms with van der Waals surface area (Å²) in [4.78, 5) is 28.5. The summed E-state index contributed by atoms with van der Waals surface area (Å²) < 4.78 is 68.3. The lowest BCUT2D eigenvalue weighted by Gasteiger charge is -2.33. The fourth-order valence-corrected chi connectivity index (χ4v) is 4.88. The van der Waals surface area contributed by atoms with Crippen molar-refractivity contribution in [2.45, 2.75) is 32.9 Å². The molecular formula is C29H32F3N3O4S. The molecule has 3 rings (SSSR count). The molecule has 0 spiro atoms. The molecule has 0 aromatic heterocycles. The molecule has 11 heteroatoms. The van der Waals surface area contributed by atoms with Gasteiger partial charge in [0, 0.05) is 31.1 Å². The van der Waals surface area contributed by atoms with Gasteiger partial charge in [0.2, 0.25) is 21.8 Å². The van der Waals surface area contributed by atoms with E-state index in [1.165, 1.54) is 18.2 Å². The van der Waals surface area contributed by atoms with Crippen molar-refractivity contribution in [3.8, 4) is 0 Å². The SMILES string of the molecule is CC(C)CNC(=O)[C@@H](Cc1ccccc1)N(Cc1ccccc1F)C(=O)CN(c1ccc(F)c(F)c1)S(C)(=O)=O. The van der Waals surface area contributed by atoms with Crippen LogP contribution in [-0.2, 0) is 32.6 Å². The van der Waals surface area contributed by atoms with Gasteiger partial charge in [-0.1, -0.05) is 62.4 Å². The first kappa shape index (κ1) is 30.7. The number of carbonyl (C=O) groups is 2. The van der Waals surface area contributed by atoms with Gasteiger partial charge in [-0.2, -0.15) is 0 Å². The molecule has 0 aliphatic carbocycles. The second-order valence-electron chi connectivity index (χ2n) is 9.83. The molecule has 0 bridgehead atoms. The summed E-state index contributed by atoms with van der Waals surface area (Å²) in [5.74, 6) is -4.32. The molecule has 2 amide bonds. The highest BCUT2D eigenvalue weighted by atomic mass is 32.2. The zero-order valence-corrected chi connectivity index (χ0v) is 23.3. The molecule has 40 heavy (non-hydrogen) atoms. The lowest BCUT2D eigenvalue weighted by molar-refractivity contribution is -0.140. The average Bonchev–Trinajstić information content (AvgIpc) is 2.90. The van der Waals surface area contributed by atoms with E-state index in [0.29, 0.717) is 16.9 Å². The van der Waals surface area contributed by atoms with Crippen molar-refractivity contribution in [1.82, 2.24) is 10.2 Å². The monoisotopic (exact) mass is 575 g/mol. The van der Waals surface area contributed by atoms with Gasteiger partial charge in [0.15, 0.2) is 11.6 Å². The van der Waals surface area contributed by atoms with E-state index in [9.17, 15) is 31.2 Å². The molecule has 0 unspecified atom stereocenters. The van der Waals surface area contributed by atoms with E-state index in [-0.39, 0.29) is 30.1 Å². The van der Waals surface area contributed by atoms with E-state index in [2.05, 4.69) is 5.32 Å². The van der Waals surface area contributed by atoms with Gasteiger partial charge in [0.05, 0.1) is 11.9 Å². The zero-order chi connectivity index (χ0) is 29.4. The molecule has 0 saturated carbocycles. The highest BCUT2D eigenvalue weighted by Crippen LogP contribution is 2.23. The third-order valence-electron chi connectivity index (χ3n) is 6.12. The Bertz CT molecular complexity index is 1440. The minimum atomic E-state index is -4.16. The van der Waals surface area contributed by atoms with Crippen molar-refractivity contribution in [3.63, 3.8) is 0 Å². The van der Waals surface area contributed by atoms with E-state index < -0.39 is 51.9 Å². The quantitative estimate of drug-likeness (QED) is 0.349. The molecular weight excluding hydrogens is 543 g/mol. The van der Waals surface area contributed by atoms with Gasteiger partial charge in [0.25, 0.3) is 0 Å². The van der Waals surface area contributed by atoms with E-state index in [0.717, 1.165) is 28.9 Å². The maximum absolute atomic E-state index is 14.7. The van der Waals surface area contributed by atoms with Crippen molar-refractivity contribution in [1.29, 1.82) is 0 Å². The van der Waals surface area contributed by atoms with Crippen LogP contribution in [0.2, 0.25) is 0 Å². The first-order valence-electron chi connectivity index (χ1n) is 12.6. The molecule has 0 aliphatic rings. The molecule has 0 aliphatic heterocycles. The molecule has 1 atom stereocenters. The Labute approximate surface area is 232 Å². The summed E-state index contributed by atoms with van der Waals surface area (Å²) in [6.45, 7) is 2.95. The highest BCUT2D eigenvalue weighted by molar-refractivity contribution is 7.92. The number of amides is 2. The molecule has 0 saturated heterocycles. The van der Waals surface area contributed by atoms with Gasteiger partial charge in [-0.05, 0) is 29.7 Å². The van der Waals surface area contributed by atoms with Gasteiger partial charge < -0.3 is 10.2 Å². The van der Waals surface area contributed by atoms with Crippen LogP contribution in [0.3, 0.4) is 0 Å². The Balaban J connectivity index is 2.07. The lowest BCUT2D eigenvalue weighted by atomic mass is 10.0. The molecule has 214 valence electrons. The summed E-state index contributed by atoms with van der Waals surface area (Å²) >= 11 is 0. The van der Waals surface area contributed by atoms with E-state index in [1.54, 1.807) is 36.4 Å². The number of anilines is 1. The van der Waals surface area contributed by atoms with Crippen LogP contribution < -0.4 is 9.62 Å². The number of hydrogen-bond donors (Lipinski definition) is 1. The molecule has 1 N–H and O–H groups in total. The number of nitrogens with one attached hydrogen (secondary N) is 1. The molecule has 3 aromatic rings. The van der Waals surface area contributed by atoms with Crippen LogP contribution in [0, 0.1) is 23.4 Å². The second kappa shape index (κ2) is 13.5. The summed E-state index contributed by atoms with van der Waals surface area (Å²) in [5, 5.41) is 2.82. The number of rotatable bonds is 12. The predicted molar refractivity (Wildman–Crippen MR) is 147 cm³/mol. The smallest absolute Gasteiger partial charge is 0.244 e.